The highest BCUT2D eigenvalue weighted by atomic mass is 35.5. The van der Waals surface area contributed by atoms with Crippen molar-refractivity contribution in [3.63, 3.8) is 0 Å². The summed E-state index contributed by atoms with van der Waals surface area (Å²) in [6.07, 6.45) is 0. The van der Waals surface area contributed by atoms with E-state index in [0.717, 1.165) is 0 Å². The van der Waals surface area contributed by atoms with Crippen LogP contribution >= 0.6 is 11.6 Å². The van der Waals surface area contributed by atoms with Crippen LogP contribution in [0.25, 0.3) is 0 Å². The Labute approximate surface area is 115 Å². The molecule has 0 unspecified atom stereocenters. The van der Waals surface area contributed by atoms with Crippen LogP contribution in [0, 0.1) is 15.5 Å². The van der Waals surface area contributed by atoms with Crippen LogP contribution in [0.3, 0.4) is 0 Å². The zero-order valence-corrected chi connectivity index (χ0v) is 11.4. The number of nitrogens with one attached hydrogen (secondary N) is 1. The van der Waals surface area contributed by atoms with Gasteiger partial charge in [0.15, 0.2) is 0 Å². The van der Waals surface area contributed by atoms with Crippen LogP contribution in [0.5, 0.6) is 0 Å². The van der Waals surface area contributed by atoms with Gasteiger partial charge in [-0.15, -0.1) is 0 Å². The van der Waals surface area contributed by atoms with Crippen molar-refractivity contribution in [1.29, 1.82) is 0 Å². The minimum atomic E-state index is -0.612. The summed E-state index contributed by atoms with van der Waals surface area (Å²) in [7, 11) is 0. The molecule has 6 nitrogen and oxygen atoms in total. The van der Waals surface area contributed by atoms with E-state index in [-0.39, 0.29) is 29.4 Å². The Bertz CT molecular complexity index is 503. The zero-order chi connectivity index (χ0) is 14.6. The van der Waals surface area contributed by atoms with Gasteiger partial charge >= 0.3 is 0 Å². The second-order valence-electron chi connectivity index (χ2n) is 4.93. The van der Waals surface area contributed by atoms with Gasteiger partial charge < -0.3 is 10.4 Å². The Morgan fingerprint density at radius 3 is 2.63 bits per heavy atom. The summed E-state index contributed by atoms with van der Waals surface area (Å²) < 4.78 is 0. The molecule has 0 radical (unpaired) electrons. The predicted octanol–water partition coefficient (Wildman–Crippen LogP) is 2.00. The monoisotopic (exact) mass is 286 g/mol. The quantitative estimate of drug-likeness (QED) is 0.639. The molecule has 7 heteroatoms. The Kier molecular flexibility index (Phi) is 4.85. The number of aliphatic hydroxyl groups excluding tert-OH is 1. The van der Waals surface area contributed by atoms with Crippen LogP contribution in [-0.2, 0) is 0 Å². The van der Waals surface area contributed by atoms with Crippen LogP contribution in [0.1, 0.15) is 24.2 Å². The summed E-state index contributed by atoms with van der Waals surface area (Å²) >= 11 is 5.72. The average Bonchev–Trinajstić information content (AvgIpc) is 2.35. The molecule has 0 fully saturated rings. The highest BCUT2D eigenvalue weighted by Crippen LogP contribution is 2.25. The van der Waals surface area contributed by atoms with E-state index in [1.807, 2.05) is 0 Å². The molecule has 1 aromatic carbocycles. The largest absolute Gasteiger partial charge is 0.396 e. The summed E-state index contributed by atoms with van der Waals surface area (Å²) in [6, 6.07) is 3.78. The lowest BCUT2D eigenvalue weighted by Gasteiger charge is -2.21. The third-order valence-electron chi connectivity index (χ3n) is 2.56. The summed E-state index contributed by atoms with van der Waals surface area (Å²) in [5, 5.41) is 22.2. The van der Waals surface area contributed by atoms with E-state index in [1.54, 1.807) is 13.8 Å². The third kappa shape index (κ3) is 4.18. The first-order chi connectivity index (χ1) is 8.76. The van der Waals surface area contributed by atoms with Crippen molar-refractivity contribution in [3.05, 3.63) is 38.9 Å². The number of amides is 1. The van der Waals surface area contributed by atoms with Gasteiger partial charge in [-0.3, -0.25) is 14.9 Å². The molecule has 0 aromatic heterocycles. The van der Waals surface area contributed by atoms with Crippen LogP contribution in [-0.4, -0.2) is 29.1 Å². The van der Waals surface area contributed by atoms with Crippen molar-refractivity contribution < 1.29 is 14.8 Å². The SMILES string of the molecule is CC(C)(CO)CNC(=O)c1ccc([N+](=O)[O-])c(Cl)c1. The Balaban J connectivity index is 2.79. The fourth-order valence-corrected chi connectivity index (χ4v) is 1.52. The molecule has 0 bridgehead atoms. The van der Waals surface area contributed by atoms with E-state index in [2.05, 4.69) is 5.32 Å². The maximum atomic E-state index is 11.8. The van der Waals surface area contributed by atoms with Crippen molar-refractivity contribution >= 4 is 23.2 Å². The fourth-order valence-electron chi connectivity index (χ4n) is 1.27. The molecule has 19 heavy (non-hydrogen) atoms. The molecule has 0 atom stereocenters. The number of nitrogens with zero attached hydrogens (tertiary/aromatic N) is 1. The molecule has 104 valence electrons. The molecule has 1 rings (SSSR count). The summed E-state index contributed by atoms with van der Waals surface area (Å²) in [5.41, 5.74) is -0.432. The smallest absolute Gasteiger partial charge is 0.287 e. The lowest BCUT2D eigenvalue weighted by atomic mass is 9.95. The van der Waals surface area contributed by atoms with Gasteiger partial charge in [0, 0.05) is 30.2 Å². The second-order valence-corrected chi connectivity index (χ2v) is 5.34. The lowest BCUT2D eigenvalue weighted by Crippen LogP contribution is -2.36. The Morgan fingerprint density at radius 2 is 2.16 bits per heavy atom. The highest BCUT2D eigenvalue weighted by molar-refractivity contribution is 6.33. The normalized spacial score (nSPS) is 11.2. The number of aliphatic hydroxyl groups is 1. The van der Waals surface area contributed by atoms with Gasteiger partial charge in [-0.1, -0.05) is 25.4 Å². The average molecular weight is 287 g/mol. The molecule has 0 heterocycles. The molecule has 0 aliphatic rings. The number of hydrogen-bond donors (Lipinski definition) is 2. The molecule has 0 aliphatic carbocycles. The van der Waals surface area contributed by atoms with Crippen molar-refractivity contribution in [3.8, 4) is 0 Å². The molecular weight excluding hydrogens is 272 g/mol. The third-order valence-corrected chi connectivity index (χ3v) is 2.86. The predicted molar refractivity (Wildman–Crippen MR) is 71.3 cm³/mol. The molecular formula is C12H15ClN2O4. The zero-order valence-electron chi connectivity index (χ0n) is 10.6. The van der Waals surface area contributed by atoms with E-state index in [4.69, 9.17) is 16.7 Å². The van der Waals surface area contributed by atoms with Crippen molar-refractivity contribution in [2.75, 3.05) is 13.2 Å². The number of halogens is 1. The number of rotatable bonds is 5. The molecule has 0 aliphatic heterocycles. The van der Waals surface area contributed by atoms with Gasteiger partial charge in [0.2, 0.25) is 0 Å². The molecule has 1 aromatic rings. The van der Waals surface area contributed by atoms with E-state index in [9.17, 15) is 14.9 Å². The number of nitro groups is 1. The van der Waals surface area contributed by atoms with E-state index in [0.29, 0.717) is 0 Å². The van der Waals surface area contributed by atoms with Gasteiger partial charge in [0.05, 0.1) is 4.92 Å². The topological polar surface area (TPSA) is 92.5 Å². The standard InChI is InChI=1S/C12H15ClN2O4/c1-12(2,7-16)6-14-11(17)8-3-4-10(15(18)19)9(13)5-8/h3-5,16H,6-7H2,1-2H3,(H,14,17). The number of hydrogen-bond acceptors (Lipinski definition) is 4. The lowest BCUT2D eigenvalue weighted by molar-refractivity contribution is -0.384. The van der Waals surface area contributed by atoms with Gasteiger partial charge in [-0.05, 0) is 12.1 Å². The van der Waals surface area contributed by atoms with Gasteiger partial charge in [-0.2, -0.15) is 0 Å². The first kappa shape index (κ1) is 15.4. The minimum Gasteiger partial charge on any atom is -0.396 e. The van der Waals surface area contributed by atoms with E-state index in [1.165, 1.54) is 18.2 Å². The summed E-state index contributed by atoms with van der Waals surface area (Å²) in [6.45, 7) is 3.83. The van der Waals surface area contributed by atoms with Gasteiger partial charge in [-0.25, -0.2) is 0 Å². The fraction of sp³-hybridized carbons (Fsp3) is 0.417. The second kappa shape index (κ2) is 5.99. The number of carbonyl (C=O) groups is 1. The first-order valence-corrected chi connectivity index (χ1v) is 5.97. The number of nitro benzene ring substituents is 1. The van der Waals surface area contributed by atoms with Crippen molar-refractivity contribution in [1.82, 2.24) is 5.32 Å². The number of benzene rings is 1. The molecule has 0 saturated heterocycles. The van der Waals surface area contributed by atoms with E-state index < -0.39 is 16.2 Å². The summed E-state index contributed by atoms with van der Waals surface area (Å²) in [4.78, 5) is 21.8. The first-order valence-electron chi connectivity index (χ1n) is 5.60. The molecule has 0 spiro atoms. The molecule has 0 saturated carbocycles. The Morgan fingerprint density at radius 1 is 1.53 bits per heavy atom. The minimum absolute atomic E-state index is 0.0612. The Hall–Kier alpha value is -1.66. The highest BCUT2D eigenvalue weighted by Gasteiger charge is 2.19. The van der Waals surface area contributed by atoms with Gasteiger partial charge in [0.25, 0.3) is 11.6 Å². The maximum Gasteiger partial charge on any atom is 0.287 e. The van der Waals surface area contributed by atoms with Crippen LogP contribution < -0.4 is 5.32 Å². The maximum absolute atomic E-state index is 11.8. The van der Waals surface area contributed by atoms with Crippen molar-refractivity contribution in [2.45, 2.75) is 13.8 Å². The van der Waals surface area contributed by atoms with Gasteiger partial charge in [0.1, 0.15) is 5.02 Å². The van der Waals surface area contributed by atoms with Crippen LogP contribution in [0.15, 0.2) is 18.2 Å². The van der Waals surface area contributed by atoms with Crippen molar-refractivity contribution in [2.24, 2.45) is 5.41 Å². The van der Waals surface area contributed by atoms with Crippen LogP contribution in [0.4, 0.5) is 5.69 Å². The number of carbonyl (C=O) groups excluding carboxylic acids is 1. The van der Waals surface area contributed by atoms with E-state index >= 15 is 0 Å². The summed E-state index contributed by atoms with van der Waals surface area (Å²) in [5.74, 6) is -0.390. The van der Waals surface area contributed by atoms with Crippen LogP contribution in [0.2, 0.25) is 5.02 Å². The molecule has 1 amide bonds. The molecule has 2 N–H and O–H groups in total.